The van der Waals surface area contributed by atoms with Crippen LogP contribution >= 0.6 is 0 Å². The van der Waals surface area contributed by atoms with Crippen LogP contribution in [0.25, 0.3) is 22.3 Å². The standard InChI is InChI=1S/C29H33FN4O4/c1-18(35)32-26-10-5-19(15-25(26)30)23-3-2-4-24(29(23)37)20-16-27(34-13-11-31-12-14-34)33-28(17-20)38-22-8-6-21(36)7-9-22/h2-5,10,15-17,21-22,31,36-37H,6-9,11-14H2,1H3,(H,32,35). The number of anilines is 2. The molecule has 0 spiro atoms. The van der Waals surface area contributed by atoms with E-state index in [0.29, 0.717) is 35.4 Å². The zero-order valence-electron chi connectivity index (χ0n) is 21.4. The molecule has 1 aromatic heterocycles. The van der Waals surface area contributed by atoms with E-state index in [1.54, 1.807) is 12.1 Å². The number of carbonyl (C=O) groups excluding carboxylic acids is 1. The molecule has 38 heavy (non-hydrogen) atoms. The van der Waals surface area contributed by atoms with Gasteiger partial charge >= 0.3 is 0 Å². The number of amides is 1. The van der Waals surface area contributed by atoms with Gasteiger partial charge in [-0.25, -0.2) is 4.39 Å². The van der Waals surface area contributed by atoms with Crippen molar-refractivity contribution in [2.24, 2.45) is 0 Å². The van der Waals surface area contributed by atoms with E-state index in [1.165, 1.54) is 19.1 Å². The minimum absolute atomic E-state index is 0.0170. The Labute approximate surface area is 221 Å². The first-order valence-electron chi connectivity index (χ1n) is 13.1. The highest BCUT2D eigenvalue weighted by atomic mass is 19.1. The molecule has 1 aliphatic heterocycles. The Morgan fingerprint density at radius 3 is 2.45 bits per heavy atom. The smallest absolute Gasteiger partial charge is 0.221 e. The Hall–Kier alpha value is -3.69. The number of hydrogen-bond acceptors (Lipinski definition) is 7. The summed E-state index contributed by atoms with van der Waals surface area (Å²) in [4.78, 5) is 18.3. The predicted octanol–water partition coefficient (Wildman–Crippen LogP) is 4.31. The number of halogens is 1. The van der Waals surface area contributed by atoms with Crippen LogP contribution < -0.4 is 20.3 Å². The van der Waals surface area contributed by atoms with E-state index >= 15 is 0 Å². The van der Waals surface area contributed by atoms with Gasteiger partial charge in [0.05, 0.1) is 11.8 Å². The molecule has 0 atom stereocenters. The molecule has 200 valence electrons. The molecule has 0 bridgehead atoms. The molecule has 0 radical (unpaired) electrons. The Balaban J connectivity index is 1.51. The molecule has 1 saturated heterocycles. The normalized spacial score (nSPS) is 19.7. The van der Waals surface area contributed by atoms with Crippen LogP contribution in [-0.4, -0.2) is 59.5 Å². The number of rotatable bonds is 6. The molecular formula is C29H33FN4O4. The van der Waals surface area contributed by atoms with Crippen molar-refractivity contribution in [3.8, 4) is 33.9 Å². The molecule has 9 heteroatoms. The summed E-state index contributed by atoms with van der Waals surface area (Å²) >= 11 is 0. The van der Waals surface area contributed by atoms with Crippen LogP contribution in [0.3, 0.4) is 0 Å². The van der Waals surface area contributed by atoms with Crippen molar-refractivity contribution >= 4 is 17.4 Å². The number of aromatic nitrogens is 1. The van der Waals surface area contributed by atoms with Crippen LogP contribution in [0, 0.1) is 5.82 Å². The molecule has 3 aromatic rings. The third-order valence-electron chi connectivity index (χ3n) is 7.10. The second-order valence-electron chi connectivity index (χ2n) is 9.92. The summed E-state index contributed by atoms with van der Waals surface area (Å²) in [7, 11) is 0. The fourth-order valence-electron chi connectivity index (χ4n) is 5.08. The van der Waals surface area contributed by atoms with Gasteiger partial charge in [0.15, 0.2) is 0 Å². The number of aliphatic hydroxyl groups is 1. The van der Waals surface area contributed by atoms with E-state index in [-0.39, 0.29) is 29.6 Å². The SMILES string of the molecule is CC(=O)Nc1ccc(-c2cccc(-c3cc(OC4CCC(O)CC4)nc(N4CCNCC4)c3)c2O)cc1F. The number of aliphatic hydroxyl groups excluding tert-OH is 1. The molecule has 2 fully saturated rings. The maximum absolute atomic E-state index is 14.7. The number of ether oxygens (including phenoxy) is 1. The number of pyridine rings is 1. The second-order valence-corrected chi connectivity index (χ2v) is 9.92. The Bertz CT molecular complexity index is 1300. The average Bonchev–Trinajstić information content (AvgIpc) is 2.91. The number of nitrogens with one attached hydrogen (secondary N) is 2. The van der Waals surface area contributed by atoms with Gasteiger partial charge in [-0.1, -0.05) is 24.3 Å². The molecule has 1 amide bonds. The Morgan fingerprint density at radius 1 is 1.05 bits per heavy atom. The summed E-state index contributed by atoms with van der Waals surface area (Å²) in [5.41, 5.74) is 2.37. The quantitative estimate of drug-likeness (QED) is 0.384. The fourth-order valence-corrected chi connectivity index (χ4v) is 5.08. The van der Waals surface area contributed by atoms with Crippen molar-refractivity contribution in [2.75, 3.05) is 36.4 Å². The average molecular weight is 521 g/mol. The van der Waals surface area contributed by atoms with Crippen molar-refractivity contribution < 1.29 is 24.1 Å². The molecule has 0 unspecified atom stereocenters. The molecule has 2 aliphatic rings. The van der Waals surface area contributed by atoms with E-state index < -0.39 is 5.82 Å². The van der Waals surface area contributed by atoms with Gasteiger partial charge in [0.25, 0.3) is 0 Å². The summed E-state index contributed by atoms with van der Waals surface area (Å²) in [6.45, 7) is 4.63. The number of phenols is 1. The van der Waals surface area contributed by atoms with Gasteiger partial charge < -0.3 is 30.5 Å². The molecule has 2 aromatic carbocycles. The summed E-state index contributed by atoms with van der Waals surface area (Å²) in [6, 6.07) is 13.6. The minimum Gasteiger partial charge on any atom is -0.507 e. The highest BCUT2D eigenvalue weighted by Gasteiger charge is 2.23. The lowest BCUT2D eigenvalue weighted by molar-refractivity contribution is -0.114. The number of aromatic hydroxyl groups is 1. The van der Waals surface area contributed by atoms with E-state index in [9.17, 15) is 19.4 Å². The maximum Gasteiger partial charge on any atom is 0.221 e. The lowest BCUT2D eigenvalue weighted by Crippen LogP contribution is -2.43. The monoisotopic (exact) mass is 520 g/mol. The number of carbonyl (C=O) groups is 1. The van der Waals surface area contributed by atoms with Crippen molar-refractivity contribution in [1.29, 1.82) is 0 Å². The predicted molar refractivity (Wildman–Crippen MR) is 145 cm³/mol. The van der Waals surface area contributed by atoms with Crippen LogP contribution in [0.1, 0.15) is 32.6 Å². The minimum atomic E-state index is -0.583. The largest absolute Gasteiger partial charge is 0.507 e. The van der Waals surface area contributed by atoms with Gasteiger partial charge in [0, 0.05) is 50.3 Å². The number of nitrogens with zero attached hydrogens (tertiary/aromatic N) is 2. The molecule has 1 aliphatic carbocycles. The molecule has 4 N–H and O–H groups in total. The van der Waals surface area contributed by atoms with Crippen LogP contribution in [0.5, 0.6) is 11.6 Å². The summed E-state index contributed by atoms with van der Waals surface area (Å²) < 4.78 is 20.9. The van der Waals surface area contributed by atoms with Gasteiger partial charge in [0.1, 0.15) is 23.5 Å². The highest BCUT2D eigenvalue weighted by molar-refractivity contribution is 5.90. The third-order valence-corrected chi connectivity index (χ3v) is 7.10. The maximum atomic E-state index is 14.7. The zero-order chi connectivity index (χ0) is 26.6. The number of benzene rings is 2. The van der Waals surface area contributed by atoms with E-state index in [1.807, 2.05) is 24.3 Å². The number of piperazine rings is 1. The van der Waals surface area contributed by atoms with Gasteiger partial charge in [-0.15, -0.1) is 0 Å². The lowest BCUT2D eigenvalue weighted by atomic mass is 9.95. The van der Waals surface area contributed by atoms with Crippen molar-refractivity contribution in [2.45, 2.75) is 44.8 Å². The lowest BCUT2D eigenvalue weighted by Gasteiger charge is -2.30. The van der Waals surface area contributed by atoms with Crippen molar-refractivity contribution in [3.05, 3.63) is 54.3 Å². The van der Waals surface area contributed by atoms with E-state index in [2.05, 4.69) is 15.5 Å². The fraction of sp³-hybridized carbons (Fsp3) is 0.379. The van der Waals surface area contributed by atoms with Gasteiger partial charge in [0.2, 0.25) is 11.8 Å². The molecular weight excluding hydrogens is 487 g/mol. The summed E-state index contributed by atoms with van der Waals surface area (Å²) in [5.74, 6) is 0.323. The molecule has 8 nitrogen and oxygen atoms in total. The molecule has 5 rings (SSSR count). The summed E-state index contributed by atoms with van der Waals surface area (Å²) in [5, 5.41) is 27.0. The number of hydrogen-bond donors (Lipinski definition) is 4. The van der Waals surface area contributed by atoms with Gasteiger partial charge in [-0.2, -0.15) is 4.98 Å². The zero-order valence-corrected chi connectivity index (χ0v) is 21.4. The first kappa shape index (κ1) is 25.9. The highest BCUT2D eigenvalue weighted by Crippen LogP contribution is 2.40. The van der Waals surface area contributed by atoms with Crippen molar-refractivity contribution in [3.63, 3.8) is 0 Å². The topological polar surface area (TPSA) is 107 Å². The number of para-hydroxylation sites is 1. The van der Waals surface area contributed by atoms with E-state index in [0.717, 1.165) is 50.4 Å². The van der Waals surface area contributed by atoms with Crippen LogP contribution in [0.2, 0.25) is 0 Å². The van der Waals surface area contributed by atoms with Gasteiger partial charge in [-0.3, -0.25) is 4.79 Å². The first-order chi connectivity index (χ1) is 18.4. The van der Waals surface area contributed by atoms with Gasteiger partial charge in [-0.05, 0) is 55.0 Å². The summed E-state index contributed by atoms with van der Waals surface area (Å²) in [6.07, 6.45) is 2.63. The Morgan fingerprint density at radius 2 is 1.76 bits per heavy atom. The van der Waals surface area contributed by atoms with Crippen LogP contribution in [0.15, 0.2) is 48.5 Å². The number of phenolic OH excluding ortho intramolecular Hbond substituents is 1. The second kappa shape index (κ2) is 11.4. The van der Waals surface area contributed by atoms with E-state index in [4.69, 9.17) is 9.72 Å². The molecule has 1 saturated carbocycles. The molecule has 2 heterocycles. The Kier molecular flexibility index (Phi) is 7.76. The third kappa shape index (κ3) is 5.89. The van der Waals surface area contributed by atoms with Crippen LogP contribution in [0.4, 0.5) is 15.9 Å². The first-order valence-corrected chi connectivity index (χ1v) is 13.1. The van der Waals surface area contributed by atoms with Crippen LogP contribution in [-0.2, 0) is 4.79 Å². The van der Waals surface area contributed by atoms with Crippen molar-refractivity contribution in [1.82, 2.24) is 10.3 Å².